The summed E-state index contributed by atoms with van der Waals surface area (Å²) >= 11 is 3.35. The fraction of sp³-hybridized carbons (Fsp3) is 0.278. The van der Waals surface area contributed by atoms with Crippen LogP contribution in [0.4, 0.5) is 0 Å². The second kappa shape index (κ2) is 10.6. The van der Waals surface area contributed by atoms with Crippen molar-refractivity contribution >= 4 is 52.6 Å². The minimum atomic E-state index is 0. The zero-order chi connectivity index (χ0) is 17.5. The molecule has 0 radical (unpaired) electrons. The van der Waals surface area contributed by atoms with Crippen molar-refractivity contribution in [1.29, 1.82) is 0 Å². The van der Waals surface area contributed by atoms with Gasteiger partial charge in [-0.3, -0.25) is 4.99 Å². The summed E-state index contributed by atoms with van der Waals surface area (Å²) in [5.41, 5.74) is 3.29. The molecule has 2 heterocycles. The van der Waals surface area contributed by atoms with E-state index in [1.165, 1.54) is 0 Å². The summed E-state index contributed by atoms with van der Waals surface area (Å²) in [7, 11) is 1.78. The molecule has 8 heteroatoms. The van der Waals surface area contributed by atoms with E-state index >= 15 is 0 Å². The quantitative estimate of drug-likeness (QED) is 0.305. The molecule has 26 heavy (non-hydrogen) atoms. The Balaban J connectivity index is 0.00000243. The summed E-state index contributed by atoms with van der Waals surface area (Å²) in [4.78, 5) is 13.4. The maximum absolute atomic E-state index is 4.68. The zero-order valence-corrected chi connectivity index (χ0v) is 18.7. The van der Waals surface area contributed by atoms with Crippen molar-refractivity contribution in [3.8, 4) is 10.6 Å². The Kier molecular flexibility index (Phi) is 8.46. The summed E-state index contributed by atoms with van der Waals surface area (Å²) in [5, 5.41) is 13.0. The molecule has 5 nitrogen and oxygen atoms in total. The second-order valence-corrected chi connectivity index (χ2v) is 7.39. The van der Waals surface area contributed by atoms with Crippen LogP contribution in [0, 0.1) is 6.92 Å². The van der Waals surface area contributed by atoms with Crippen molar-refractivity contribution in [2.24, 2.45) is 4.99 Å². The molecule has 1 aromatic carbocycles. The van der Waals surface area contributed by atoms with Crippen LogP contribution in [-0.2, 0) is 13.0 Å². The van der Waals surface area contributed by atoms with E-state index in [1.807, 2.05) is 25.1 Å². The third kappa shape index (κ3) is 6.03. The number of aromatic nitrogens is 2. The Hall–Kier alpha value is -1.52. The smallest absolute Gasteiger partial charge is 0.191 e. The molecule has 0 unspecified atom stereocenters. The van der Waals surface area contributed by atoms with Crippen LogP contribution in [0.3, 0.4) is 0 Å². The van der Waals surface area contributed by atoms with Crippen molar-refractivity contribution in [2.45, 2.75) is 19.9 Å². The molecular weight excluding hydrogens is 477 g/mol. The first-order chi connectivity index (χ1) is 12.2. The molecule has 0 aliphatic rings. The maximum atomic E-state index is 4.68. The van der Waals surface area contributed by atoms with E-state index in [-0.39, 0.29) is 24.0 Å². The van der Waals surface area contributed by atoms with Gasteiger partial charge in [-0.1, -0.05) is 30.3 Å². The predicted octanol–water partition coefficient (Wildman–Crippen LogP) is 4.10. The fourth-order valence-corrected chi connectivity index (χ4v) is 3.80. The summed E-state index contributed by atoms with van der Waals surface area (Å²) in [6.45, 7) is 3.48. The van der Waals surface area contributed by atoms with Gasteiger partial charge in [0.05, 0.1) is 22.9 Å². The Morgan fingerprint density at radius 1 is 1.04 bits per heavy atom. The first kappa shape index (κ1) is 20.8. The summed E-state index contributed by atoms with van der Waals surface area (Å²) in [5.74, 6) is 0.779. The van der Waals surface area contributed by atoms with Gasteiger partial charge < -0.3 is 10.6 Å². The van der Waals surface area contributed by atoms with E-state index in [1.54, 1.807) is 29.7 Å². The van der Waals surface area contributed by atoms with Crippen molar-refractivity contribution in [3.63, 3.8) is 0 Å². The van der Waals surface area contributed by atoms with Gasteiger partial charge in [-0.05, 0) is 6.92 Å². The highest BCUT2D eigenvalue weighted by molar-refractivity contribution is 14.0. The van der Waals surface area contributed by atoms with Gasteiger partial charge in [0.15, 0.2) is 5.96 Å². The van der Waals surface area contributed by atoms with Gasteiger partial charge in [0.25, 0.3) is 0 Å². The van der Waals surface area contributed by atoms with E-state index in [0.29, 0.717) is 6.54 Å². The summed E-state index contributed by atoms with van der Waals surface area (Å²) in [6.07, 6.45) is 0.889. The van der Waals surface area contributed by atoms with Crippen molar-refractivity contribution < 1.29 is 0 Å². The van der Waals surface area contributed by atoms with Gasteiger partial charge in [-0.2, -0.15) is 0 Å². The first-order valence-corrected chi connectivity index (χ1v) is 9.86. The van der Waals surface area contributed by atoms with Gasteiger partial charge in [0.2, 0.25) is 0 Å². The largest absolute Gasteiger partial charge is 0.356 e. The van der Waals surface area contributed by atoms with Crippen LogP contribution in [-0.4, -0.2) is 29.5 Å². The second-order valence-electron chi connectivity index (χ2n) is 5.47. The van der Waals surface area contributed by atoms with Crippen molar-refractivity contribution in [3.05, 3.63) is 57.5 Å². The highest BCUT2D eigenvalue weighted by atomic mass is 127. The van der Waals surface area contributed by atoms with E-state index in [0.717, 1.165) is 45.9 Å². The highest BCUT2D eigenvalue weighted by Crippen LogP contribution is 2.23. The normalized spacial score (nSPS) is 11.1. The number of thiazole rings is 2. The molecule has 3 aromatic rings. The minimum absolute atomic E-state index is 0. The Morgan fingerprint density at radius 3 is 2.50 bits per heavy atom. The number of nitrogens with one attached hydrogen (secondary N) is 2. The van der Waals surface area contributed by atoms with Crippen LogP contribution in [0.25, 0.3) is 10.6 Å². The molecule has 0 atom stereocenters. The summed E-state index contributed by atoms with van der Waals surface area (Å²) in [6, 6.07) is 10.2. The fourth-order valence-electron chi connectivity index (χ4n) is 2.33. The number of benzene rings is 1. The lowest BCUT2D eigenvalue weighted by Gasteiger charge is -2.10. The topological polar surface area (TPSA) is 62.2 Å². The van der Waals surface area contributed by atoms with E-state index in [2.05, 4.69) is 48.5 Å². The van der Waals surface area contributed by atoms with Crippen molar-refractivity contribution in [2.75, 3.05) is 13.6 Å². The lowest BCUT2D eigenvalue weighted by molar-refractivity contribution is 0.779. The Bertz CT molecular complexity index is 829. The standard InChI is InChI=1S/C18H21N5S2.HI/c1-13-22-15(11-24-13)8-9-20-18(19-2)21-10-16-12-25-17(23-16)14-6-4-3-5-7-14;/h3-7,11-12H,8-10H2,1-2H3,(H2,19,20,21);1H. The molecule has 138 valence electrons. The first-order valence-electron chi connectivity index (χ1n) is 8.10. The predicted molar refractivity (Wildman–Crippen MR) is 122 cm³/mol. The molecular formula is C18H22IN5S2. The number of nitrogens with zero attached hydrogens (tertiary/aromatic N) is 3. The van der Waals surface area contributed by atoms with Crippen LogP contribution >= 0.6 is 46.7 Å². The highest BCUT2D eigenvalue weighted by Gasteiger charge is 2.05. The molecule has 2 aromatic heterocycles. The monoisotopic (exact) mass is 499 g/mol. The zero-order valence-electron chi connectivity index (χ0n) is 14.7. The van der Waals surface area contributed by atoms with Crippen molar-refractivity contribution in [1.82, 2.24) is 20.6 Å². The SMILES string of the molecule is CN=C(NCCc1csc(C)n1)NCc1csc(-c2ccccc2)n1.I. The van der Waals surface area contributed by atoms with Gasteiger partial charge in [0, 0.05) is 36.3 Å². The number of hydrogen-bond acceptors (Lipinski definition) is 5. The number of hydrogen-bond donors (Lipinski definition) is 2. The molecule has 2 N–H and O–H groups in total. The van der Waals surface area contributed by atoms with E-state index < -0.39 is 0 Å². The molecule has 0 saturated heterocycles. The average Bonchev–Trinajstić information content (AvgIpc) is 3.28. The number of aliphatic imine (C=N–C) groups is 1. The molecule has 0 amide bonds. The van der Waals surface area contributed by atoms with Gasteiger partial charge in [0.1, 0.15) is 5.01 Å². The maximum Gasteiger partial charge on any atom is 0.191 e. The van der Waals surface area contributed by atoms with Crippen LogP contribution < -0.4 is 10.6 Å². The molecule has 0 spiro atoms. The van der Waals surface area contributed by atoms with Crippen LogP contribution in [0.15, 0.2) is 46.1 Å². The van der Waals surface area contributed by atoms with Gasteiger partial charge >= 0.3 is 0 Å². The molecule has 3 rings (SSSR count). The third-order valence-corrected chi connectivity index (χ3v) is 5.34. The lowest BCUT2D eigenvalue weighted by atomic mass is 10.2. The van der Waals surface area contributed by atoms with Gasteiger partial charge in [-0.15, -0.1) is 46.7 Å². The number of guanidine groups is 1. The Labute approximate surface area is 179 Å². The molecule has 0 aliphatic carbocycles. The number of halogens is 1. The molecule has 0 saturated carbocycles. The average molecular weight is 499 g/mol. The minimum Gasteiger partial charge on any atom is -0.356 e. The van der Waals surface area contributed by atoms with E-state index in [4.69, 9.17) is 0 Å². The third-order valence-electron chi connectivity index (χ3n) is 3.57. The Morgan fingerprint density at radius 2 is 1.81 bits per heavy atom. The van der Waals surface area contributed by atoms with Crippen LogP contribution in [0.1, 0.15) is 16.4 Å². The number of rotatable bonds is 6. The van der Waals surface area contributed by atoms with E-state index in [9.17, 15) is 0 Å². The molecule has 0 fully saturated rings. The number of aryl methyl sites for hydroxylation is 1. The van der Waals surface area contributed by atoms with Gasteiger partial charge in [-0.25, -0.2) is 9.97 Å². The molecule has 0 aliphatic heterocycles. The lowest BCUT2D eigenvalue weighted by Crippen LogP contribution is -2.37. The summed E-state index contributed by atoms with van der Waals surface area (Å²) < 4.78 is 0. The van der Waals surface area contributed by atoms with Crippen LogP contribution in [0.5, 0.6) is 0 Å². The molecule has 0 bridgehead atoms. The van der Waals surface area contributed by atoms with Crippen LogP contribution in [0.2, 0.25) is 0 Å².